The van der Waals surface area contributed by atoms with Crippen LogP contribution < -0.4 is 15.0 Å². The molecule has 0 spiro atoms. The maximum Gasteiger partial charge on any atom is 0.244 e. The van der Waals surface area contributed by atoms with Crippen LogP contribution in [0.1, 0.15) is 25.0 Å². The van der Waals surface area contributed by atoms with Gasteiger partial charge in [0.15, 0.2) is 0 Å². The van der Waals surface area contributed by atoms with Gasteiger partial charge < -0.3 is 19.7 Å². The Bertz CT molecular complexity index is 1240. The first-order valence-electron chi connectivity index (χ1n) is 11.0. The van der Waals surface area contributed by atoms with Crippen molar-refractivity contribution in [3.63, 3.8) is 0 Å². The molecule has 2 aliphatic rings. The van der Waals surface area contributed by atoms with Crippen LogP contribution in [0.3, 0.4) is 0 Å². The second-order valence-corrected chi connectivity index (χ2v) is 10.9. The first kappa shape index (κ1) is 24.2. The van der Waals surface area contributed by atoms with Crippen molar-refractivity contribution in [1.29, 1.82) is 0 Å². The average Bonchev–Trinajstić information content (AvgIpc) is 3.00. The predicted octanol–water partition coefficient (Wildman–Crippen LogP) is 2.29. The molecule has 2 aromatic carbocycles. The minimum absolute atomic E-state index is 0.129. The summed E-state index contributed by atoms with van der Waals surface area (Å²) < 4.78 is 38.2. The summed E-state index contributed by atoms with van der Waals surface area (Å²) in [4.78, 5) is 27.7. The van der Waals surface area contributed by atoms with E-state index in [0.717, 1.165) is 5.56 Å². The molecule has 0 unspecified atom stereocenters. The van der Waals surface area contributed by atoms with Crippen LogP contribution in [0.25, 0.3) is 0 Å². The van der Waals surface area contributed by atoms with Crippen LogP contribution >= 0.6 is 0 Å². The minimum atomic E-state index is -3.71. The first-order valence-corrected chi connectivity index (χ1v) is 12.5. The van der Waals surface area contributed by atoms with E-state index >= 15 is 0 Å². The van der Waals surface area contributed by atoms with E-state index in [9.17, 15) is 18.0 Å². The highest BCUT2D eigenvalue weighted by Gasteiger charge is 2.45. The average molecular weight is 488 g/mol. The number of morpholine rings is 1. The number of anilines is 2. The summed E-state index contributed by atoms with van der Waals surface area (Å²) in [6, 6.07) is 10.1. The van der Waals surface area contributed by atoms with Crippen molar-refractivity contribution >= 4 is 33.2 Å². The maximum absolute atomic E-state index is 13.3. The maximum atomic E-state index is 13.3. The number of rotatable bonds is 6. The van der Waals surface area contributed by atoms with E-state index in [-0.39, 0.29) is 36.3 Å². The Morgan fingerprint density at radius 2 is 1.85 bits per heavy atom. The van der Waals surface area contributed by atoms with Crippen LogP contribution in [-0.4, -0.2) is 64.5 Å². The van der Waals surface area contributed by atoms with Gasteiger partial charge in [-0.2, -0.15) is 4.31 Å². The molecule has 0 radical (unpaired) electrons. The van der Waals surface area contributed by atoms with E-state index < -0.39 is 15.4 Å². The van der Waals surface area contributed by atoms with Crippen LogP contribution in [0.4, 0.5) is 11.4 Å². The number of fused-ring (bicyclic) bond motifs is 1. The number of hydrogen-bond acceptors (Lipinski definition) is 6. The molecular weight excluding hydrogens is 458 g/mol. The molecule has 0 aliphatic carbocycles. The molecule has 0 atom stereocenters. The number of nitrogens with zero attached hydrogens (tertiary/aromatic N) is 2. The van der Waals surface area contributed by atoms with Crippen molar-refractivity contribution in [1.82, 2.24) is 4.31 Å². The lowest BCUT2D eigenvalue weighted by atomic mass is 9.86. The fourth-order valence-corrected chi connectivity index (χ4v) is 5.75. The van der Waals surface area contributed by atoms with Crippen LogP contribution in [-0.2, 0) is 29.8 Å². The molecule has 1 saturated heterocycles. The summed E-state index contributed by atoms with van der Waals surface area (Å²) >= 11 is 0. The Kier molecular flexibility index (Phi) is 6.41. The molecule has 4 rings (SSSR count). The minimum Gasteiger partial charge on any atom is -0.495 e. The number of nitrogens with one attached hydrogen (secondary N) is 1. The lowest BCUT2D eigenvalue weighted by Gasteiger charge is -2.26. The Balaban J connectivity index is 1.61. The summed E-state index contributed by atoms with van der Waals surface area (Å²) in [5, 5.41) is 2.81. The van der Waals surface area contributed by atoms with Gasteiger partial charge in [-0.15, -0.1) is 0 Å². The number of aryl methyl sites for hydroxylation is 1. The summed E-state index contributed by atoms with van der Waals surface area (Å²) in [7, 11) is -2.19. The molecule has 0 aromatic heterocycles. The van der Waals surface area contributed by atoms with Crippen molar-refractivity contribution in [2.45, 2.75) is 31.1 Å². The third-order valence-electron chi connectivity index (χ3n) is 6.25. The van der Waals surface area contributed by atoms with Crippen LogP contribution in [0.15, 0.2) is 41.3 Å². The smallest absolute Gasteiger partial charge is 0.244 e. The van der Waals surface area contributed by atoms with Crippen molar-refractivity contribution in [2.24, 2.45) is 0 Å². The van der Waals surface area contributed by atoms with Gasteiger partial charge in [0.2, 0.25) is 21.8 Å². The van der Waals surface area contributed by atoms with Gasteiger partial charge in [0.25, 0.3) is 0 Å². The Labute approximate surface area is 199 Å². The lowest BCUT2D eigenvalue weighted by Crippen LogP contribution is -2.41. The van der Waals surface area contributed by atoms with Gasteiger partial charge in [0, 0.05) is 18.8 Å². The Hall–Kier alpha value is -2.95. The van der Waals surface area contributed by atoms with Crippen molar-refractivity contribution in [2.75, 3.05) is 50.2 Å². The standard InChI is InChI=1S/C24H29N3O6S/c1-16-5-8-21(32-4)19(13-16)25-22(28)15-27-20-7-6-17(14-18(20)24(2,3)23(27)29)34(30,31)26-9-11-33-12-10-26/h5-8,13-14H,9-12,15H2,1-4H3,(H,25,28). The van der Waals surface area contributed by atoms with E-state index in [0.29, 0.717) is 35.9 Å². The number of methoxy groups -OCH3 is 1. The number of carbonyl (C=O) groups excluding carboxylic acids is 2. The highest BCUT2D eigenvalue weighted by atomic mass is 32.2. The second-order valence-electron chi connectivity index (χ2n) is 8.96. The molecule has 0 saturated carbocycles. The molecule has 34 heavy (non-hydrogen) atoms. The Morgan fingerprint density at radius 1 is 1.15 bits per heavy atom. The quantitative estimate of drug-likeness (QED) is 0.670. The zero-order valence-electron chi connectivity index (χ0n) is 19.8. The van der Waals surface area contributed by atoms with E-state index in [1.54, 1.807) is 38.1 Å². The summed E-state index contributed by atoms with van der Waals surface area (Å²) in [6.45, 7) is 6.45. The Morgan fingerprint density at radius 3 is 2.53 bits per heavy atom. The molecule has 1 N–H and O–H groups in total. The highest BCUT2D eigenvalue weighted by Crippen LogP contribution is 2.43. The predicted molar refractivity (Wildman–Crippen MR) is 128 cm³/mol. The molecule has 0 bridgehead atoms. The number of ether oxygens (including phenoxy) is 2. The normalized spacial score (nSPS) is 18.0. The summed E-state index contributed by atoms with van der Waals surface area (Å²) in [6.07, 6.45) is 0. The van der Waals surface area contributed by atoms with E-state index in [1.807, 2.05) is 13.0 Å². The number of carbonyl (C=O) groups is 2. The van der Waals surface area contributed by atoms with Gasteiger partial charge in [-0.05, 0) is 62.2 Å². The van der Waals surface area contributed by atoms with Gasteiger partial charge in [0.05, 0.1) is 36.3 Å². The lowest BCUT2D eigenvalue weighted by molar-refractivity contribution is -0.124. The molecule has 2 amide bonds. The van der Waals surface area contributed by atoms with Gasteiger partial charge in [-0.25, -0.2) is 8.42 Å². The number of sulfonamides is 1. The highest BCUT2D eigenvalue weighted by molar-refractivity contribution is 7.89. The fourth-order valence-electron chi connectivity index (χ4n) is 4.32. The number of amides is 2. The molecule has 2 aromatic rings. The molecule has 2 aliphatic heterocycles. The van der Waals surface area contributed by atoms with Crippen LogP contribution in [0.2, 0.25) is 0 Å². The van der Waals surface area contributed by atoms with Crippen molar-refractivity contribution in [3.05, 3.63) is 47.5 Å². The number of hydrogen-bond donors (Lipinski definition) is 1. The third kappa shape index (κ3) is 4.28. The first-order chi connectivity index (χ1) is 16.1. The van der Waals surface area contributed by atoms with E-state index in [1.165, 1.54) is 22.4 Å². The molecular formula is C24H29N3O6S. The fraction of sp³-hybridized carbons (Fsp3) is 0.417. The van der Waals surface area contributed by atoms with E-state index in [4.69, 9.17) is 9.47 Å². The second kappa shape index (κ2) is 9.01. The molecule has 9 nitrogen and oxygen atoms in total. The third-order valence-corrected chi connectivity index (χ3v) is 8.15. The van der Waals surface area contributed by atoms with Gasteiger partial charge in [-0.1, -0.05) is 6.07 Å². The largest absolute Gasteiger partial charge is 0.495 e. The van der Waals surface area contributed by atoms with Gasteiger partial charge in [-0.3, -0.25) is 9.59 Å². The van der Waals surface area contributed by atoms with E-state index in [2.05, 4.69) is 5.32 Å². The SMILES string of the molecule is COc1ccc(C)cc1NC(=O)CN1C(=O)C(C)(C)c2cc(S(=O)(=O)N3CCOCC3)ccc21. The topological polar surface area (TPSA) is 105 Å². The van der Waals surface area contributed by atoms with Crippen molar-refractivity contribution in [3.8, 4) is 5.75 Å². The van der Waals surface area contributed by atoms with Gasteiger partial charge >= 0.3 is 0 Å². The zero-order valence-corrected chi connectivity index (χ0v) is 20.6. The zero-order chi connectivity index (χ0) is 24.7. The molecule has 2 heterocycles. The molecule has 10 heteroatoms. The van der Waals surface area contributed by atoms with Crippen molar-refractivity contribution < 1.29 is 27.5 Å². The number of benzene rings is 2. The summed E-state index contributed by atoms with van der Waals surface area (Å²) in [5.41, 5.74) is 1.60. The summed E-state index contributed by atoms with van der Waals surface area (Å²) in [5.74, 6) is -0.133. The van der Waals surface area contributed by atoms with Crippen LogP contribution in [0.5, 0.6) is 5.75 Å². The van der Waals surface area contributed by atoms with Gasteiger partial charge in [0.1, 0.15) is 12.3 Å². The van der Waals surface area contributed by atoms with Crippen LogP contribution in [0, 0.1) is 6.92 Å². The molecule has 182 valence electrons. The monoisotopic (exact) mass is 487 g/mol. The molecule has 1 fully saturated rings.